The predicted octanol–water partition coefficient (Wildman–Crippen LogP) is 5.41. The number of carbonyl (C=O) groups is 2. The van der Waals surface area contributed by atoms with E-state index in [4.69, 9.17) is 17.0 Å². The first-order valence-corrected chi connectivity index (χ1v) is 11.1. The van der Waals surface area contributed by atoms with E-state index in [0.717, 1.165) is 5.56 Å². The van der Waals surface area contributed by atoms with Crippen molar-refractivity contribution in [3.8, 4) is 5.75 Å². The van der Waals surface area contributed by atoms with Gasteiger partial charge in [-0.05, 0) is 73.1 Å². The van der Waals surface area contributed by atoms with Crippen molar-refractivity contribution < 1.29 is 14.3 Å². The van der Waals surface area contributed by atoms with Crippen LogP contribution in [-0.2, 0) is 0 Å². The maximum atomic E-state index is 12.7. The van der Waals surface area contributed by atoms with E-state index in [9.17, 15) is 9.59 Å². The van der Waals surface area contributed by atoms with E-state index in [1.54, 1.807) is 42.5 Å². The molecule has 0 fully saturated rings. The molecule has 3 aromatic rings. The average Bonchev–Trinajstić information content (AvgIpc) is 2.80. The van der Waals surface area contributed by atoms with Crippen LogP contribution in [0.5, 0.6) is 5.75 Å². The predicted molar refractivity (Wildman–Crippen MR) is 136 cm³/mol. The first kappa shape index (κ1) is 23.9. The van der Waals surface area contributed by atoms with Crippen molar-refractivity contribution in [2.75, 3.05) is 17.2 Å². The lowest BCUT2D eigenvalue weighted by Crippen LogP contribution is -2.34. The highest BCUT2D eigenvalue weighted by molar-refractivity contribution is 7.80. The Morgan fingerprint density at radius 2 is 1.61 bits per heavy atom. The Morgan fingerprint density at radius 3 is 2.30 bits per heavy atom. The zero-order valence-electron chi connectivity index (χ0n) is 18.8. The normalized spacial score (nSPS) is 10.4. The van der Waals surface area contributed by atoms with Gasteiger partial charge in [-0.15, -0.1) is 0 Å². The fourth-order valence-corrected chi connectivity index (χ4v) is 3.25. The molecule has 6 nitrogen and oxygen atoms in total. The van der Waals surface area contributed by atoms with Gasteiger partial charge in [0.25, 0.3) is 11.8 Å². The summed E-state index contributed by atoms with van der Waals surface area (Å²) in [5.74, 6) is 0.323. The molecule has 0 aromatic heterocycles. The van der Waals surface area contributed by atoms with E-state index in [1.807, 2.05) is 51.1 Å². The fraction of sp³-hybridized carbons (Fsp3) is 0.192. The number of hydrogen-bond acceptors (Lipinski definition) is 4. The number of hydrogen-bond donors (Lipinski definition) is 3. The average molecular weight is 462 g/mol. The summed E-state index contributed by atoms with van der Waals surface area (Å²) in [5.41, 5.74) is 3.24. The Hall–Kier alpha value is -3.71. The second-order valence-electron chi connectivity index (χ2n) is 7.96. The third-order valence-corrected chi connectivity index (χ3v) is 4.90. The van der Waals surface area contributed by atoms with Crippen molar-refractivity contribution in [3.05, 3.63) is 89.5 Å². The maximum Gasteiger partial charge on any atom is 0.261 e. The van der Waals surface area contributed by atoms with Crippen LogP contribution in [0.25, 0.3) is 0 Å². The Balaban J connectivity index is 1.61. The number of para-hydroxylation sites is 1. The fourth-order valence-electron chi connectivity index (χ4n) is 3.04. The molecule has 0 unspecified atom stereocenters. The second kappa shape index (κ2) is 11.2. The van der Waals surface area contributed by atoms with Gasteiger partial charge in [-0.3, -0.25) is 14.9 Å². The highest BCUT2D eigenvalue weighted by Crippen LogP contribution is 2.21. The highest BCUT2D eigenvalue weighted by atomic mass is 32.1. The van der Waals surface area contributed by atoms with E-state index in [-0.39, 0.29) is 16.9 Å². The van der Waals surface area contributed by atoms with Gasteiger partial charge in [-0.2, -0.15) is 0 Å². The molecule has 170 valence electrons. The molecule has 7 heteroatoms. The summed E-state index contributed by atoms with van der Waals surface area (Å²) in [6.45, 7) is 6.49. The van der Waals surface area contributed by atoms with Crippen molar-refractivity contribution >= 4 is 40.5 Å². The molecule has 3 aromatic carbocycles. The minimum atomic E-state index is -0.352. The summed E-state index contributed by atoms with van der Waals surface area (Å²) in [6.07, 6.45) is 0. The number of thiocarbonyl (C=S) groups is 1. The number of amides is 2. The van der Waals surface area contributed by atoms with Gasteiger partial charge in [0.05, 0.1) is 12.2 Å². The quantitative estimate of drug-likeness (QED) is 0.410. The van der Waals surface area contributed by atoms with Crippen LogP contribution in [0.2, 0.25) is 0 Å². The van der Waals surface area contributed by atoms with Gasteiger partial charge in [-0.25, -0.2) is 0 Å². The molecule has 3 N–H and O–H groups in total. The van der Waals surface area contributed by atoms with Gasteiger partial charge in [0.1, 0.15) is 5.75 Å². The topological polar surface area (TPSA) is 79.5 Å². The number of benzene rings is 3. The number of ether oxygens (including phenoxy) is 1. The van der Waals surface area contributed by atoms with Crippen molar-refractivity contribution in [1.29, 1.82) is 0 Å². The molecule has 3 rings (SSSR count). The first-order valence-electron chi connectivity index (χ1n) is 10.6. The summed E-state index contributed by atoms with van der Waals surface area (Å²) in [6, 6.07) is 21.5. The van der Waals surface area contributed by atoms with Gasteiger partial charge >= 0.3 is 0 Å². The molecular formula is C26H27N3O3S. The molecule has 0 heterocycles. The molecular weight excluding hydrogens is 434 g/mol. The van der Waals surface area contributed by atoms with Gasteiger partial charge in [-0.1, -0.05) is 44.2 Å². The van der Waals surface area contributed by atoms with Gasteiger partial charge in [0, 0.05) is 16.9 Å². The highest BCUT2D eigenvalue weighted by Gasteiger charge is 2.14. The lowest BCUT2D eigenvalue weighted by Gasteiger charge is -2.15. The minimum absolute atomic E-state index is 0.166. The van der Waals surface area contributed by atoms with Crippen LogP contribution in [0.4, 0.5) is 11.4 Å². The van der Waals surface area contributed by atoms with Crippen LogP contribution in [0.1, 0.15) is 40.1 Å². The van der Waals surface area contributed by atoms with Gasteiger partial charge in [0.2, 0.25) is 0 Å². The number of rotatable bonds is 7. The smallest absolute Gasteiger partial charge is 0.261 e. The number of anilines is 2. The van der Waals surface area contributed by atoms with Crippen molar-refractivity contribution in [3.63, 3.8) is 0 Å². The lowest BCUT2D eigenvalue weighted by atomic mass is 10.1. The molecule has 0 aliphatic rings. The Labute approximate surface area is 199 Å². The molecule has 0 spiro atoms. The third kappa shape index (κ3) is 6.89. The standard InChI is InChI=1S/C26H27N3O3S/c1-17(2)16-32-23-12-8-7-11-21(23)25(31)29-26(33)27-20-13-14-22(18(3)15-20)28-24(30)19-9-5-4-6-10-19/h4-15,17H,16H2,1-3H3,(H,28,30)(H2,27,29,31,33). The van der Waals surface area contributed by atoms with Crippen molar-refractivity contribution in [2.24, 2.45) is 5.92 Å². The molecule has 0 aliphatic heterocycles. The molecule has 2 amide bonds. The lowest BCUT2D eigenvalue weighted by molar-refractivity contribution is 0.0971. The Kier molecular flexibility index (Phi) is 8.16. The van der Waals surface area contributed by atoms with E-state index in [2.05, 4.69) is 16.0 Å². The number of aryl methyl sites for hydroxylation is 1. The monoisotopic (exact) mass is 461 g/mol. The van der Waals surface area contributed by atoms with Gasteiger partial charge in [0.15, 0.2) is 5.11 Å². The Bertz CT molecular complexity index is 1150. The van der Waals surface area contributed by atoms with Crippen LogP contribution >= 0.6 is 12.2 Å². The van der Waals surface area contributed by atoms with Crippen molar-refractivity contribution in [2.45, 2.75) is 20.8 Å². The van der Waals surface area contributed by atoms with Gasteiger partial charge < -0.3 is 15.4 Å². The summed E-state index contributed by atoms with van der Waals surface area (Å²) in [7, 11) is 0. The van der Waals surface area contributed by atoms with Crippen LogP contribution in [-0.4, -0.2) is 23.5 Å². The molecule has 0 atom stereocenters. The number of nitrogens with one attached hydrogen (secondary N) is 3. The molecule has 33 heavy (non-hydrogen) atoms. The van der Waals surface area contributed by atoms with Crippen LogP contribution in [0.15, 0.2) is 72.8 Å². The van der Waals surface area contributed by atoms with E-state index >= 15 is 0 Å². The summed E-state index contributed by atoms with van der Waals surface area (Å²) in [5, 5.41) is 8.77. The third-order valence-electron chi connectivity index (χ3n) is 4.70. The van der Waals surface area contributed by atoms with E-state index in [0.29, 0.717) is 40.8 Å². The van der Waals surface area contributed by atoms with Crippen LogP contribution < -0.4 is 20.7 Å². The van der Waals surface area contributed by atoms with Crippen molar-refractivity contribution in [1.82, 2.24) is 5.32 Å². The SMILES string of the molecule is Cc1cc(NC(=S)NC(=O)c2ccccc2OCC(C)C)ccc1NC(=O)c1ccccc1. The van der Waals surface area contributed by atoms with E-state index in [1.165, 1.54) is 0 Å². The second-order valence-corrected chi connectivity index (χ2v) is 8.37. The summed E-state index contributed by atoms with van der Waals surface area (Å²) >= 11 is 5.32. The largest absolute Gasteiger partial charge is 0.492 e. The molecule has 0 radical (unpaired) electrons. The zero-order valence-corrected chi connectivity index (χ0v) is 19.7. The maximum absolute atomic E-state index is 12.7. The van der Waals surface area contributed by atoms with E-state index < -0.39 is 0 Å². The number of carbonyl (C=O) groups excluding carboxylic acids is 2. The minimum Gasteiger partial charge on any atom is -0.492 e. The van der Waals surface area contributed by atoms with Crippen LogP contribution in [0.3, 0.4) is 0 Å². The summed E-state index contributed by atoms with van der Waals surface area (Å²) in [4.78, 5) is 25.1. The molecule has 0 saturated heterocycles. The first-order chi connectivity index (χ1) is 15.8. The summed E-state index contributed by atoms with van der Waals surface area (Å²) < 4.78 is 5.75. The zero-order chi connectivity index (χ0) is 23.8. The molecule has 0 aliphatic carbocycles. The Morgan fingerprint density at radius 1 is 0.909 bits per heavy atom. The molecule has 0 saturated carbocycles. The molecule has 0 bridgehead atoms. The van der Waals surface area contributed by atoms with Crippen LogP contribution in [0, 0.1) is 12.8 Å².